The lowest BCUT2D eigenvalue weighted by molar-refractivity contribution is 0.0691. The molecule has 0 spiro atoms. The number of carbonyl (C=O) groups is 1. The lowest BCUT2D eigenvalue weighted by Gasteiger charge is -2.20. The molecule has 0 saturated heterocycles. The number of rotatable bonds is 6. The van der Waals surface area contributed by atoms with Crippen LogP contribution in [0.5, 0.6) is 0 Å². The van der Waals surface area contributed by atoms with Gasteiger partial charge in [0.25, 0.3) is 0 Å². The third-order valence-electron chi connectivity index (χ3n) is 3.27. The first kappa shape index (κ1) is 15.1. The molecule has 0 amide bonds. The van der Waals surface area contributed by atoms with Crippen LogP contribution in [0, 0.1) is 5.82 Å². The molecule has 0 aliphatic rings. The number of aromatic carboxylic acids is 1. The van der Waals surface area contributed by atoms with Gasteiger partial charge in [-0.2, -0.15) is 0 Å². The van der Waals surface area contributed by atoms with E-state index in [0.29, 0.717) is 6.54 Å². The van der Waals surface area contributed by atoms with Crippen LogP contribution < -0.4 is 0 Å². The molecule has 0 radical (unpaired) electrons. The van der Waals surface area contributed by atoms with Crippen molar-refractivity contribution >= 4 is 5.97 Å². The summed E-state index contributed by atoms with van der Waals surface area (Å²) < 4.78 is 13.4. The molecular formula is C16H17FN2O2. The molecule has 0 fully saturated rings. The van der Waals surface area contributed by atoms with Crippen molar-refractivity contribution in [2.75, 3.05) is 6.54 Å². The second-order valence-electron chi connectivity index (χ2n) is 4.78. The number of hydrogen-bond donors (Lipinski definition) is 1. The highest BCUT2D eigenvalue weighted by Crippen LogP contribution is 2.14. The Labute approximate surface area is 122 Å². The Morgan fingerprint density at radius 1 is 1.19 bits per heavy atom. The van der Waals surface area contributed by atoms with Gasteiger partial charge in [0, 0.05) is 25.5 Å². The van der Waals surface area contributed by atoms with E-state index in [1.54, 1.807) is 18.5 Å². The van der Waals surface area contributed by atoms with Gasteiger partial charge in [-0.05, 0) is 41.9 Å². The van der Waals surface area contributed by atoms with Gasteiger partial charge >= 0.3 is 5.97 Å². The van der Waals surface area contributed by atoms with Gasteiger partial charge in [-0.3, -0.25) is 9.88 Å². The third kappa shape index (κ3) is 4.10. The van der Waals surface area contributed by atoms with Gasteiger partial charge in [-0.1, -0.05) is 13.0 Å². The Balaban J connectivity index is 2.11. The van der Waals surface area contributed by atoms with Crippen LogP contribution in [0.2, 0.25) is 0 Å². The monoisotopic (exact) mass is 288 g/mol. The second-order valence-corrected chi connectivity index (χ2v) is 4.78. The van der Waals surface area contributed by atoms with E-state index in [9.17, 15) is 9.18 Å². The molecule has 110 valence electrons. The molecule has 0 aliphatic carbocycles. The van der Waals surface area contributed by atoms with Crippen molar-refractivity contribution in [3.63, 3.8) is 0 Å². The summed E-state index contributed by atoms with van der Waals surface area (Å²) in [6.45, 7) is 4.14. The minimum Gasteiger partial charge on any atom is -0.478 e. The van der Waals surface area contributed by atoms with Gasteiger partial charge in [0.05, 0.1) is 5.56 Å². The quantitative estimate of drug-likeness (QED) is 0.888. The summed E-state index contributed by atoms with van der Waals surface area (Å²) in [6, 6.07) is 8.11. The van der Waals surface area contributed by atoms with E-state index < -0.39 is 11.8 Å². The fourth-order valence-electron chi connectivity index (χ4n) is 2.12. The molecule has 2 rings (SSSR count). The predicted molar refractivity (Wildman–Crippen MR) is 77.4 cm³/mol. The zero-order chi connectivity index (χ0) is 15.2. The number of nitrogens with zero attached hydrogens (tertiary/aromatic N) is 2. The molecule has 1 heterocycles. The van der Waals surface area contributed by atoms with E-state index in [1.807, 2.05) is 19.1 Å². The fraction of sp³-hybridized carbons (Fsp3) is 0.250. The Kier molecular flexibility index (Phi) is 5.00. The first-order chi connectivity index (χ1) is 10.1. The van der Waals surface area contributed by atoms with E-state index in [0.717, 1.165) is 24.2 Å². The van der Waals surface area contributed by atoms with Crippen LogP contribution in [0.4, 0.5) is 4.39 Å². The van der Waals surface area contributed by atoms with E-state index in [-0.39, 0.29) is 5.56 Å². The van der Waals surface area contributed by atoms with Crippen molar-refractivity contribution in [3.8, 4) is 0 Å². The zero-order valence-corrected chi connectivity index (χ0v) is 11.8. The van der Waals surface area contributed by atoms with Gasteiger partial charge in [0.2, 0.25) is 0 Å². The summed E-state index contributed by atoms with van der Waals surface area (Å²) in [5.41, 5.74) is 1.63. The molecule has 2 aromatic rings. The number of hydrogen-bond acceptors (Lipinski definition) is 3. The number of halogens is 1. The second kappa shape index (κ2) is 6.95. The van der Waals surface area contributed by atoms with Crippen LogP contribution in [-0.2, 0) is 13.1 Å². The standard InChI is InChI=1S/C16H17FN2O2/c1-2-19(10-12-5-7-18-8-6-12)11-13-3-4-15(17)14(9-13)16(20)21/h3-9H,2,10-11H2,1H3,(H,20,21). The van der Waals surface area contributed by atoms with Crippen LogP contribution in [0.25, 0.3) is 0 Å². The minimum absolute atomic E-state index is 0.285. The minimum atomic E-state index is -1.24. The lowest BCUT2D eigenvalue weighted by Crippen LogP contribution is -2.22. The molecule has 1 aromatic carbocycles. The number of carboxylic acid groups (broad SMARTS) is 1. The van der Waals surface area contributed by atoms with Crippen LogP contribution in [-0.4, -0.2) is 27.5 Å². The first-order valence-corrected chi connectivity index (χ1v) is 6.73. The molecule has 1 aromatic heterocycles. The van der Waals surface area contributed by atoms with Crippen molar-refractivity contribution in [1.29, 1.82) is 0 Å². The molecule has 4 nitrogen and oxygen atoms in total. The third-order valence-corrected chi connectivity index (χ3v) is 3.27. The lowest BCUT2D eigenvalue weighted by atomic mass is 10.1. The smallest absolute Gasteiger partial charge is 0.338 e. The van der Waals surface area contributed by atoms with Gasteiger partial charge in [-0.25, -0.2) is 9.18 Å². The highest BCUT2D eigenvalue weighted by molar-refractivity contribution is 5.88. The molecule has 0 unspecified atom stereocenters. The Morgan fingerprint density at radius 3 is 2.48 bits per heavy atom. The summed E-state index contributed by atoms with van der Waals surface area (Å²) in [4.78, 5) is 17.1. The number of benzene rings is 1. The van der Waals surface area contributed by atoms with Gasteiger partial charge < -0.3 is 5.11 Å². The van der Waals surface area contributed by atoms with E-state index >= 15 is 0 Å². The molecule has 0 aliphatic heterocycles. The summed E-state index contributed by atoms with van der Waals surface area (Å²) in [5.74, 6) is -1.95. The van der Waals surface area contributed by atoms with Crippen LogP contribution in [0.15, 0.2) is 42.7 Å². The van der Waals surface area contributed by atoms with Crippen molar-refractivity contribution < 1.29 is 14.3 Å². The zero-order valence-electron chi connectivity index (χ0n) is 11.8. The maximum Gasteiger partial charge on any atom is 0.338 e. The number of carboxylic acids is 1. The van der Waals surface area contributed by atoms with Crippen LogP contribution in [0.3, 0.4) is 0 Å². The molecular weight excluding hydrogens is 271 g/mol. The number of aromatic nitrogens is 1. The molecule has 0 saturated carbocycles. The first-order valence-electron chi connectivity index (χ1n) is 6.73. The Bertz CT molecular complexity index is 617. The molecule has 1 N–H and O–H groups in total. The predicted octanol–water partition coefficient (Wildman–Crippen LogP) is 2.94. The highest BCUT2D eigenvalue weighted by atomic mass is 19.1. The van der Waals surface area contributed by atoms with E-state index in [1.165, 1.54) is 12.1 Å². The summed E-state index contributed by atoms with van der Waals surface area (Å²) in [6.07, 6.45) is 3.48. The van der Waals surface area contributed by atoms with Crippen molar-refractivity contribution in [2.45, 2.75) is 20.0 Å². The topological polar surface area (TPSA) is 53.4 Å². The van der Waals surface area contributed by atoms with E-state index in [2.05, 4.69) is 9.88 Å². The average molecular weight is 288 g/mol. The van der Waals surface area contributed by atoms with Crippen molar-refractivity contribution in [3.05, 3.63) is 65.2 Å². The van der Waals surface area contributed by atoms with Gasteiger partial charge in [0.15, 0.2) is 0 Å². The molecule has 0 atom stereocenters. The Hall–Kier alpha value is -2.27. The summed E-state index contributed by atoms with van der Waals surface area (Å²) >= 11 is 0. The summed E-state index contributed by atoms with van der Waals surface area (Å²) in [7, 11) is 0. The normalized spacial score (nSPS) is 10.8. The molecule has 5 heteroatoms. The summed E-state index contributed by atoms with van der Waals surface area (Å²) in [5, 5.41) is 8.96. The van der Waals surface area contributed by atoms with Crippen molar-refractivity contribution in [1.82, 2.24) is 9.88 Å². The number of pyridine rings is 1. The van der Waals surface area contributed by atoms with Crippen LogP contribution >= 0.6 is 0 Å². The molecule has 21 heavy (non-hydrogen) atoms. The van der Waals surface area contributed by atoms with Gasteiger partial charge in [0.1, 0.15) is 5.82 Å². The fourth-order valence-corrected chi connectivity index (χ4v) is 2.12. The van der Waals surface area contributed by atoms with Gasteiger partial charge in [-0.15, -0.1) is 0 Å². The highest BCUT2D eigenvalue weighted by Gasteiger charge is 2.12. The van der Waals surface area contributed by atoms with E-state index in [4.69, 9.17) is 5.11 Å². The van der Waals surface area contributed by atoms with Crippen LogP contribution in [0.1, 0.15) is 28.4 Å². The maximum absolute atomic E-state index is 13.4. The maximum atomic E-state index is 13.4. The molecule has 0 bridgehead atoms. The average Bonchev–Trinajstić information content (AvgIpc) is 2.49. The van der Waals surface area contributed by atoms with Crippen molar-refractivity contribution in [2.24, 2.45) is 0 Å². The largest absolute Gasteiger partial charge is 0.478 e. The SMILES string of the molecule is CCN(Cc1ccncc1)Cc1ccc(F)c(C(=O)O)c1. The Morgan fingerprint density at radius 2 is 1.86 bits per heavy atom.